The van der Waals surface area contributed by atoms with Crippen LogP contribution < -0.4 is 10.1 Å². The summed E-state index contributed by atoms with van der Waals surface area (Å²) in [7, 11) is 0.787. The van der Waals surface area contributed by atoms with Gasteiger partial charge in [-0.1, -0.05) is 12.1 Å². The number of benzene rings is 1. The number of halogens is 1. The Balaban J connectivity index is 2.43. The second-order valence-corrected chi connectivity index (χ2v) is 7.07. The van der Waals surface area contributed by atoms with Gasteiger partial charge in [0.25, 0.3) is 0 Å². The average Bonchev–Trinajstić information content (AvgIpc) is 2.72. The molecule has 0 aromatic heterocycles. The zero-order chi connectivity index (χ0) is 18.8. The number of carbonyl (C=O) groups excluding carboxylic acids is 1. The van der Waals surface area contributed by atoms with Crippen molar-refractivity contribution in [3.8, 4) is 5.75 Å². The summed E-state index contributed by atoms with van der Waals surface area (Å²) in [6.07, 6.45) is 1.62. The zero-order valence-electron chi connectivity index (χ0n) is 15.6. The van der Waals surface area contributed by atoms with Gasteiger partial charge in [0.1, 0.15) is 11.6 Å². The first kappa shape index (κ1) is 19.5. The van der Waals surface area contributed by atoms with Crippen LogP contribution in [0.25, 0.3) is 6.08 Å². The highest BCUT2D eigenvalue weighted by Gasteiger charge is 2.52. The topological polar surface area (TPSA) is 56.8 Å². The molecule has 0 bridgehead atoms. The van der Waals surface area contributed by atoms with Crippen LogP contribution in [0.3, 0.4) is 0 Å². The van der Waals surface area contributed by atoms with Crippen LogP contribution in [0.4, 0.5) is 4.39 Å². The van der Waals surface area contributed by atoms with Gasteiger partial charge in [-0.05, 0) is 45.3 Å². The molecule has 0 aliphatic carbocycles. The Bertz CT molecular complexity index is 672. The SMILES string of the molecule is COc1cccc(F)c1C=C(CNC(C)=O)B1OC(C)(C)C(C)(C)O1. The number of amides is 1. The van der Waals surface area contributed by atoms with Crippen molar-refractivity contribution >= 4 is 19.1 Å². The highest BCUT2D eigenvalue weighted by Crippen LogP contribution is 2.39. The van der Waals surface area contributed by atoms with Crippen molar-refractivity contribution in [1.29, 1.82) is 0 Å². The Morgan fingerprint density at radius 3 is 2.40 bits per heavy atom. The van der Waals surface area contributed by atoms with Crippen LogP contribution in [0.15, 0.2) is 23.7 Å². The smallest absolute Gasteiger partial charge is 0.492 e. The molecule has 136 valence electrons. The van der Waals surface area contributed by atoms with E-state index in [4.69, 9.17) is 14.0 Å². The molecule has 1 aromatic carbocycles. The minimum Gasteiger partial charge on any atom is -0.496 e. The molecule has 1 saturated heterocycles. The molecule has 0 spiro atoms. The number of ether oxygens (including phenoxy) is 1. The number of rotatable bonds is 5. The van der Waals surface area contributed by atoms with Gasteiger partial charge in [-0.25, -0.2) is 4.39 Å². The van der Waals surface area contributed by atoms with Gasteiger partial charge in [0.15, 0.2) is 0 Å². The Morgan fingerprint density at radius 2 is 1.88 bits per heavy atom. The molecule has 1 aromatic rings. The lowest BCUT2D eigenvalue weighted by Gasteiger charge is -2.32. The van der Waals surface area contributed by atoms with Crippen LogP contribution >= 0.6 is 0 Å². The van der Waals surface area contributed by atoms with Crippen LogP contribution in [0.2, 0.25) is 0 Å². The van der Waals surface area contributed by atoms with Crippen LogP contribution in [0.1, 0.15) is 40.2 Å². The monoisotopic (exact) mass is 349 g/mol. The molecule has 2 rings (SSSR count). The molecule has 1 amide bonds. The predicted octanol–water partition coefficient (Wildman–Crippen LogP) is 2.99. The molecular weight excluding hydrogens is 324 g/mol. The van der Waals surface area contributed by atoms with Crippen LogP contribution in [0, 0.1) is 5.82 Å². The van der Waals surface area contributed by atoms with Gasteiger partial charge in [0.05, 0.1) is 23.9 Å². The number of hydrogen-bond acceptors (Lipinski definition) is 4. The highest BCUT2D eigenvalue weighted by molar-refractivity contribution is 6.56. The quantitative estimate of drug-likeness (QED) is 0.831. The van der Waals surface area contributed by atoms with Gasteiger partial charge in [0.2, 0.25) is 5.91 Å². The summed E-state index contributed by atoms with van der Waals surface area (Å²) in [6.45, 7) is 9.36. The molecule has 0 unspecified atom stereocenters. The summed E-state index contributed by atoms with van der Waals surface area (Å²) in [5.41, 5.74) is -0.171. The Labute approximate surface area is 148 Å². The third-order valence-electron chi connectivity index (χ3n) is 4.66. The Kier molecular flexibility index (Phi) is 5.59. The van der Waals surface area contributed by atoms with E-state index in [-0.39, 0.29) is 12.5 Å². The summed E-state index contributed by atoms with van der Waals surface area (Å²) >= 11 is 0. The number of methoxy groups -OCH3 is 1. The van der Waals surface area contributed by atoms with Gasteiger partial charge in [0, 0.05) is 13.5 Å². The van der Waals surface area contributed by atoms with Crippen molar-refractivity contribution in [3.05, 3.63) is 35.1 Å². The highest BCUT2D eigenvalue weighted by atomic mass is 19.1. The maximum absolute atomic E-state index is 14.3. The maximum atomic E-state index is 14.3. The molecule has 0 atom stereocenters. The molecule has 1 aliphatic rings. The standard InChI is InChI=1S/C18H25BFNO4/c1-12(22)21-11-13(19-24-17(2,3)18(4,5)25-19)10-14-15(20)8-7-9-16(14)23-6/h7-10H,11H2,1-6H3,(H,21,22). The van der Waals surface area contributed by atoms with Crippen molar-refractivity contribution in [2.75, 3.05) is 13.7 Å². The van der Waals surface area contributed by atoms with Crippen molar-refractivity contribution in [2.45, 2.75) is 45.8 Å². The molecule has 1 fully saturated rings. The Morgan fingerprint density at radius 1 is 1.28 bits per heavy atom. The summed E-state index contributed by atoms with van der Waals surface area (Å²) in [6, 6.07) is 4.61. The fourth-order valence-electron chi connectivity index (χ4n) is 2.44. The molecule has 25 heavy (non-hydrogen) atoms. The molecular formula is C18H25BFNO4. The van der Waals surface area contributed by atoms with E-state index in [0.29, 0.717) is 16.8 Å². The molecule has 0 radical (unpaired) electrons. The van der Waals surface area contributed by atoms with E-state index >= 15 is 0 Å². The lowest BCUT2D eigenvalue weighted by molar-refractivity contribution is -0.118. The summed E-state index contributed by atoms with van der Waals surface area (Å²) in [5.74, 6) is -0.212. The first-order valence-corrected chi connectivity index (χ1v) is 8.20. The van der Waals surface area contributed by atoms with Gasteiger partial charge >= 0.3 is 7.12 Å². The van der Waals surface area contributed by atoms with Crippen LogP contribution in [-0.2, 0) is 14.1 Å². The summed E-state index contributed by atoms with van der Waals surface area (Å²) < 4.78 is 31.6. The molecule has 5 nitrogen and oxygen atoms in total. The fraction of sp³-hybridized carbons (Fsp3) is 0.500. The van der Waals surface area contributed by atoms with Crippen LogP contribution in [-0.4, -0.2) is 37.9 Å². The van der Waals surface area contributed by atoms with E-state index in [1.165, 1.54) is 20.1 Å². The second kappa shape index (κ2) is 7.18. The van der Waals surface area contributed by atoms with Crippen molar-refractivity contribution in [3.63, 3.8) is 0 Å². The van der Waals surface area contributed by atoms with E-state index in [1.54, 1.807) is 18.2 Å². The largest absolute Gasteiger partial charge is 0.496 e. The lowest BCUT2D eigenvalue weighted by Crippen LogP contribution is -2.41. The second-order valence-electron chi connectivity index (χ2n) is 7.07. The molecule has 0 saturated carbocycles. The summed E-state index contributed by atoms with van der Waals surface area (Å²) in [5, 5.41) is 2.72. The van der Waals surface area contributed by atoms with E-state index in [9.17, 15) is 9.18 Å². The molecule has 1 N–H and O–H groups in total. The first-order chi connectivity index (χ1) is 11.6. The molecule has 1 aliphatic heterocycles. The van der Waals surface area contributed by atoms with Gasteiger partial charge in [-0.15, -0.1) is 0 Å². The number of hydrogen-bond donors (Lipinski definition) is 1. The third kappa shape index (κ3) is 4.22. The zero-order valence-corrected chi connectivity index (χ0v) is 15.6. The number of carbonyl (C=O) groups is 1. The van der Waals surface area contributed by atoms with Crippen LogP contribution in [0.5, 0.6) is 5.75 Å². The predicted molar refractivity (Wildman–Crippen MR) is 95.7 cm³/mol. The third-order valence-corrected chi connectivity index (χ3v) is 4.66. The maximum Gasteiger partial charge on any atom is 0.492 e. The number of nitrogens with one attached hydrogen (secondary N) is 1. The van der Waals surface area contributed by atoms with E-state index in [1.807, 2.05) is 27.7 Å². The Hall–Kier alpha value is -1.86. The van der Waals surface area contributed by atoms with E-state index in [0.717, 1.165) is 0 Å². The minimum atomic E-state index is -0.693. The van der Waals surface area contributed by atoms with Crippen molar-refractivity contribution < 1.29 is 23.2 Å². The molecule has 1 heterocycles. The van der Waals surface area contributed by atoms with E-state index < -0.39 is 24.1 Å². The van der Waals surface area contributed by atoms with Crippen molar-refractivity contribution in [1.82, 2.24) is 5.32 Å². The summed E-state index contributed by atoms with van der Waals surface area (Å²) in [4.78, 5) is 11.3. The van der Waals surface area contributed by atoms with E-state index in [2.05, 4.69) is 5.32 Å². The van der Waals surface area contributed by atoms with Gasteiger partial charge in [-0.2, -0.15) is 0 Å². The van der Waals surface area contributed by atoms with Gasteiger partial charge in [-0.3, -0.25) is 4.79 Å². The van der Waals surface area contributed by atoms with Gasteiger partial charge < -0.3 is 19.4 Å². The molecule has 7 heteroatoms. The van der Waals surface area contributed by atoms with Crippen molar-refractivity contribution in [2.24, 2.45) is 0 Å². The average molecular weight is 349 g/mol. The first-order valence-electron chi connectivity index (χ1n) is 8.20. The fourth-order valence-corrected chi connectivity index (χ4v) is 2.44. The normalized spacial score (nSPS) is 19.0. The lowest BCUT2D eigenvalue weighted by atomic mass is 9.76. The minimum absolute atomic E-state index is 0.184.